The molecular formula is C44H38N2Si. The molecule has 0 unspecified atom stereocenters. The first-order valence-electron chi connectivity index (χ1n) is 16.9. The molecule has 5 aromatic carbocycles. The van der Waals surface area contributed by atoms with Gasteiger partial charge in [0.1, 0.15) is 8.07 Å². The van der Waals surface area contributed by atoms with Crippen molar-refractivity contribution in [2.24, 2.45) is 0 Å². The summed E-state index contributed by atoms with van der Waals surface area (Å²) in [5.74, 6) is 0. The molecule has 0 atom stereocenters. The van der Waals surface area contributed by atoms with Crippen LogP contribution in [0, 0.1) is 0 Å². The van der Waals surface area contributed by atoms with Crippen LogP contribution in [0.2, 0.25) is 13.1 Å². The van der Waals surface area contributed by atoms with Crippen molar-refractivity contribution < 1.29 is 0 Å². The number of benzene rings is 5. The molecule has 9 rings (SSSR count). The van der Waals surface area contributed by atoms with Crippen LogP contribution in [-0.4, -0.2) is 19.2 Å². The van der Waals surface area contributed by atoms with Crippen LogP contribution in [0.15, 0.2) is 167 Å². The van der Waals surface area contributed by atoms with Gasteiger partial charge < -0.3 is 9.47 Å². The fourth-order valence-corrected chi connectivity index (χ4v) is 12.4. The Morgan fingerprint density at radius 1 is 0.660 bits per heavy atom. The van der Waals surface area contributed by atoms with Gasteiger partial charge in [-0.3, -0.25) is 0 Å². The Labute approximate surface area is 278 Å². The highest BCUT2D eigenvalue weighted by Crippen LogP contribution is 2.51. The number of hydrogen-bond donors (Lipinski definition) is 0. The zero-order valence-electron chi connectivity index (χ0n) is 27.1. The van der Waals surface area contributed by atoms with Crippen molar-refractivity contribution in [3.05, 3.63) is 178 Å². The smallest absolute Gasteiger partial charge is 0.109 e. The first kappa shape index (κ1) is 28.1. The monoisotopic (exact) mass is 622 g/mol. The molecule has 2 nitrogen and oxygen atoms in total. The molecule has 6 aromatic rings. The van der Waals surface area contributed by atoms with Gasteiger partial charge in [-0.15, -0.1) is 0 Å². The normalized spacial score (nSPS) is 18.3. The molecular weight excluding hydrogens is 585 g/mol. The Balaban J connectivity index is 1.30. The predicted octanol–water partition coefficient (Wildman–Crippen LogP) is 11.3. The Morgan fingerprint density at radius 3 is 2.19 bits per heavy atom. The number of anilines is 2. The molecule has 1 aliphatic carbocycles. The number of allylic oxidation sites excluding steroid dienone is 6. The lowest BCUT2D eigenvalue weighted by Gasteiger charge is -2.29. The Hall–Kier alpha value is -5.12. The van der Waals surface area contributed by atoms with E-state index in [0.29, 0.717) is 0 Å². The lowest BCUT2D eigenvalue weighted by molar-refractivity contribution is 0.978. The second-order valence-electron chi connectivity index (χ2n) is 13.6. The highest BCUT2D eigenvalue weighted by Gasteiger charge is 2.43. The molecule has 0 amide bonds. The van der Waals surface area contributed by atoms with Gasteiger partial charge in [-0.05, 0) is 101 Å². The van der Waals surface area contributed by atoms with Crippen molar-refractivity contribution in [1.29, 1.82) is 0 Å². The van der Waals surface area contributed by atoms with Gasteiger partial charge in [0.25, 0.3) is 0 Å². The van der Waals surface area contributed by atoms with Gasteiger partial charge in [0.15, 0.2) is 0 Å². The van der Waals surface area contributed by atoms with Gasteiger partial charge in [0.2, 0.25) is 0 Å². The Kier molecular flexibility index (Phi) is 6.58. The van der Waals surface area contributed by atoms with E-state index in [0.717, 1.165) is 19.4 Å². The fourth-order valence-electron chi connectivity index (χ4n) is 8.52. The van der Waals surface area contributed by atoms with E-state index in [9.17, 15) is 0 Å². The first-order valence-corrected chi connectivity index (χ1v) is 19.9. The minimum Gasteiger partial charge on any atom is -0.337 e. The van der Waals surface area contributed by atoms with Gasteiger partial charge in [0, 0.05) is 34.4 Å². The van der Waals surface area contributed by atoms with E-state index in [2.05, 4.69) is 168 Å². The molecule has 47 heavy (non-hydrogen) atoms. The second kappa shape index (κ2) is 11.0. The molecule has 0 saturated heterocycles. The van der Waals surface area contributed by atoms with E-state index in [4.69, 9.17) is 0 Å². The zero-order valence-corrected chi connectivity index (χ0v) is 28.1. The number of aromatic nitrogens is 1. The summed E-state index contributed by atoms with van der Waals surface area (Å²) in [6, 6.07) is 46.9. The van der Waals surface area contributed by atoms with Crippen molar-refractivity contribution >= 4 is 46.8 Å². The van der Waals surface area contributed by atoms with Gasteiger partial charge >= 0.3 is 0 Å². The van der Waals surface area contributed by atoms with Crippen LogP contribution < -0.4 is 4.90 Å². The Morgan fingerprint density at radius 2 is 1.36 bits per heavy atom. The third-order valence-corrected chi connectivity index (χ3v) is 14.5. The van der Waals surface area contributed by atoms with Crippen LogP contribution in [0.3, 0.4) is 0 Å². The van der Waals surface area contributed by atoms with E-state index >= 15 is 0 Å². The number of fused-ring (bicyclic) bond motifs is 5. The highest BCUT2D eigenvalue weighted by molar-refractivity contribution is 6.94. The highest BCUT2D eigenvalue weighted by atomic mass is 28.3. The molecule has 228 valence electrons. The molecule has 2 aliphatic heterocycles. The molecule has 0 fully saturated rings. The third-order valence-electron chi connectivity index (χ3n) is 10.6. The predicted molar refractivity (Wildman–Crippen MR) is 202 cm³/mol. The van der Waals surface area contributed by atoms with Crippen molar-refractivity contribution in [2.45, 2.75) is 32.4 Å². The fraction of sp³-hybridized carbons (Fsp3) is 0.136. The molecule has 0 N–H and O–H groups in total. The van der Waals surface area contributed by atoms with Crippen LogP contribution in [0.5, 0.6) is 0 Å². The molecule has 3 heterocycles. The average Bonchev–Trinajstić information content (AvgIpc) is 3.59. The van der Waals surface area contributed by atoms with Crippen molar-refractivity contribution in [2.75, 3.05) is 11.4 Å². The summed E-state index contributed by atoms with van der Waals surface area (Å²) in [5, 5.41) is 5.95. The van der Waals surface area contributed by atoms with Gasteiger partial charge in [-0.25, -0.2) is 0 Å². The molecule has 3 heteroatoms. The van der Waals surface area contributed by atoms with Gasteiger partial charge in [-0.2, -0.15) is 0 Å². The minimum atomic E-state index is -1.98. The summed E-state index contributed by atoms with van der Waals surface area (Å²) in [4.78, 5) is 2.57. The maximum atomic E-state index is 2.61. The summed E-state index contributed by atoms with van der Waals surface area (Å²) in [5.41, 5.74) is 13.4. The number of para-hydroxylation sites is 4. The number of nitrogens with zero attached hydrogens (tertiary/aromatic N) is 2. The van der Waals surface area contributed by atoms with Gasteiger partial charge in [-0.1, -0.05) is 115 Å². The van der Waals surface area contributed by atoms with Crippen LogP contribution in [0.1, 0.15) is 24.0 Å². The minimum absolute atomic E-state index is 0.864. The molecule has 0 saturated carbocycles. The SMILES string of the molecule is C[Si]1(C)C2=C(C=CCC2)C2=C1/C(c1ccc3c(c1)c1ccccc1n3-c1ccccc1)=C\Cc1ccccc1N(c1ccccc1)C2. The topological polar surface area (TPSA) is 8.17 Å². The van der Waals surface area contributed by atoms with Crippen LogP contribution in [-0.2, 0) is 6.42 Å². The van der Waals surface area contributed by atoms with E-state index in [-0.39, 0.29) is 0 Å². The lowest BCUT2D eigenvalue weighted by Crippen LogP contribution is -2.32. The molecule has 0 spiro atoms. The second-order valence-corrected chi connectivity index (χ2v) is 18.0. The van der Waals surface area contributed by atoms with E-state index < -0.39 is 8.07 Å². The summed E-state index contributed by atoms with van der Waals surface area (Å²) >= 11 is 0. The first-order chi connectivity index (χ1) is 23.1. The maximum absolute atomic E-state index is 2.61. The van der Waals surface area contributed by atoms with Crippen molar-refractivity contribution in [3.63, 3.8) is 0 Å². The largest absolute Gasteiger partial charge is 0.337 e. The maximum Gasteiger partial charge on any atom is 0.109 e. The Bertz CT molecular complexity index is 2320. The summed E-state index contributed by atoms with van der Waals surface area (Å²) < 4.78 is 2.42. The van der Waals surface area contributed by atoms with E-state index in [1.54, 1.807) is 10.4 Å². The summed E-state index contributed by atoms with van der Waals surface area (Å²) in [7, 11) is -1.98. The molecule has 1 aromatic heterocycles. The van der Waals surface area contributed by atoms with Crippen molar-refractivity contribution in [3.8, 4) is 5.69 Å². The van der Waals surface area contributed by atoms with Crippen LogP contribution in [0.25, 0.3) is 33.1 Å². The van der Waals surface area contributed by atoms with Gasteiger partial charge in [0.05, 0.1) is 11.0 Å². The van der Waals surface area contributed by atoms with Crippen molar-refractivity contribution in [1.82, 2.24) is 4.57 Å². The molecule has 0 bridgehead atoms. The molecule has 0 radical (unpaired) electrons. The van der Waals surface area contributed by atoms with Crippen LogP contribution >= 0.6 is 0 Å². The molecule has 3 aliphatic rings. The quantitative estimate of drug-likeness (QED) is 0.178. The van der Waals surface area contributed by atoms with E-state index in [1.807, 2.05) is 0 Å². The standard InChI is InChI=1S/C44H38N2Si/c1-47(2)43-24-14-11-21-37(43)39-30-45(33-16-5-3-6-17-33)40-22-12-9-15-31(40)25-27-35(44(39)47)32-26-28-42-38(29-32)36-20-10-13-23-41(36)46(42)34-18-7-4-8-19-34/h3-13,15-23,26-29H,14,24-25,30H2,1-2H3/b35-27-. The van der Waals surface area contributed by atoms with E-state index in [1.165, 1.54) is 73.1 Å². The summed E-state index contributed by atoms with van der Waals surface area (Å²) in [6.45, 7) is 6.08. The summed E-state index contributed by atoms with van der Waals surface area (Å²) in [6.07, 6.45) is 10.6. The number of hydrogen-bond acceptors (Lipinski definition) is 1. The third kappa shape index (κ3) is 4.45. The zero-order chi connectivity index (χ0) is 31.5. The average molecular weight is 623 g/mol. The number of rotatable bonds is 3. The lowest BCUT2D eigenvalue weighted by atomic mass is 9.94. The van der Waals surface area contributed by atoms with Crippen LogP contribution in [0.4, 0.5) is 11.4 Å².